The molecule has 1 rings (SSSR count). The molecular formula is C10H19NO2. The van der Waals surface area contributed by atoms with Crippen LogP contribution in [0.25, 0.3) is 0 Å². The zero-order chi connectivity index (χ0) is 10.1. The van der Waals surface area contributed by atoms with Crippen molar-refractivity contribution < 1.29 is 9.53 Å². The normalized spacial score (nSPS) is 20.6. The Balaban J connectivity index is 2.37. The molecule has 76 valence electrons. The van der Waals surface area contributed by atoms with Gasteiger partial charge < -0.3 is 10.1 Å². The van der Waals surface area contributed by atoms with Gasteiger partial charge in [0.2, 0.25) is 5.91 Å². The van der Waals surface area contributed by atoms with E-state index in [4.69, 9.17) is 4.74 Å². The average Bonchev–Trinajstić information content (AvgIpc) is 1.93. The Morgan fingerprint density at radius 1 is 1.46 bits per heavy atom. The highest BCUT2D eigenvalue weighted by Crippen LogP contribution is 2.25. The van der Waals surface area contributed by atoms with Gasteiger partial charge in [-0.1, -0.05) is 27.7 Å². The van der Waals surface area contributed by atoms with E-state index in [1.165, 1.54) is 0 Å². The zero-order valence-electron chi connectivity index (χ0n) is 8.89. The summed E-state index contributed by atoms with van der Waals surface area (Å²) >= 11 is 0. The smallest absolute Gasteiger partial charge is 0.223 e. The summed E-state index contributed by atoms with van der Waals surface area (Å²) in [7, 11) is 0. The predicted molar refractivity (Wildman–Crippen MR) is 51.4 cm³/mol. The largest absolute Gasteiger partial charge is 0.377 e. The van der Waals surface area contributed by atoms with Crippen molar-refractivity contribution in [3.05, 3.63) is 0 Å². The standard InChI is InChI=1S/C10H19NO2/c1-7(10(2,3)4)9(12)11-8-5-13-6-8/h7-8H,5-6H2,1-4H3,(H,11,12)/t7-/m1/s1. The minimum Gasteiger partial charge on any atom is -0.377 e. The third kappa shape index (κ3) is 2.69. The average molecular weight is 185 g/mol. The molecule has 0 aliphatic carbocycles. The van der Waals surface area contributed by atoms with Crippen LogP contribution in [0.15, 0.2) is 0 Å². The van der Waals surface area contributed by atoms with Crippen LogP contribution >= 0.6 is 0 Å². The highest BCUT2D eigenvalue weighted by atomic mass is 16.5. The molecule has 3 nitrogen and oxygen atoms in total. The Bertz CT molecular complexity index is 192. The minimum absolute atomic E-state index is 0.0364. The van der Waals surface area contributed by atoms with Crippen molar-refractivity contribution in [3.63, 3.8) is 0 Å². The number of nitrogens with one attached hydrogen (secondary N) is 1. The van der Waals surface area contributed by atoms with E-state index in [-0.39, 0.29) is 23.3 Å². The molecule has 1 fully saturated rings. The number of ether oxygens (including phenoxy) is 1. The molecule has 0 radical (unpaired) electrons. The summed E-state index contributed by atoms with van der Waals surface area (Å²) in [6.45, 7) is 9.54. The highest BCUT2D eigenvalue weighted by molar-refractivity contribution is 5.79. The van der Waals surface area contributed by atoms with E-state index in [9.17, 15) is 4.79 Å². The second-order valence-corrected chi connectivity index (χ2v) is 4.83. The van der Waals surface area contributed by atoms with Gasteiger partial charge in [-0.15, -0.1) is 0 Å². The Hall–Kier alpha value is -0.570. The molecule has 1 atom stereocenters. The molecule has 3 heteroatoms. The van der Waals surface area contributed by atoms with Crippen molar-refractivity contribution >= 4 is 5.91 Å². The van der Waals surface area contributed by atoms with Crippen LogP contribution in [0.1, 0.15) is 27.7 Å². The number of hydrogen-bond acceptors (Lipinski definition) is 2. The molecule has 0 saturated carbocycles. The summed E-state index contributed by atoms with van der Waals surface area (Å²) in [5.41, 5.74) is 0.0364. The maximum Gasteiger partial charge on any atom is 0.223 e. The molecule has 0 aromatic heterocycles. The molecule has 1 amide bonds. The molecule has 0 aromatic carbocycles. The molecule has 1 N–H and O–H groups in total. The van der Waals surface area contributed by atoms with Gasteiger partial charge in [0.1, 0.15) is 0 Å². The third-order valence-corrected chi connectivity index (χ3v) is 2.68. The summed E-state index contributed by atoms with van der Waals surface area (Å²) in [5.74, 6) is 0.189. The molecule has 1 saturated heterocycles. The van der Waals surface area contributed by atoms with Crippen LogP contribution < -0.4 is 5.32 Å². The minimum atomic E-state index is 0.0364. The van der Waals surface area contributed by atoms with E-state index in [0.29, 0.717) is 13.2 Å². The van der Waals surface area contributed by atoms with Crippen molar-refractivity contribution in [1.29, 1.82) is 0 Å². The second kappa shape index (κ2) is 3.66. The first kappa shape index (κ1) is 10.5. The van der Waals surface area contributed by atoms with E-state index in [1.807, 2.05) is 6.92 Å². The van der Waals surface area contributed by atoms with Crippen molar-refractivity contribution in [2.75, 3.05) is 13.2 Å². The van der Waals surface area contributed by atoms with E-state index in [1.54, 1.807) is 0 Å². The van der Waals surface area contributed by atoms with Gasteiger partial charge in [-0.3, -0.25) is 4.79 Å². The Morgan fingerprint density at radius 3 is 2.31 bits per heavy atom. The van der Waals surface area contributed by atoms with E-state index in [2.05, 4.69) is 26.1 Å². The lowest BCUT2D eigenvalue weighted by Gasteiger charge is -2.31. The Morgan fingerprint density at radius 2 is 2.00 bits per heavy atom. The number of carbonyl (C=O) groups is 1. The van der Waals surface area contributed by atoms with Crippen molar-refractivity contribution in [3.8, 4) is 0 Å². The molecule has 0 bridgehead atoms. The first-order valence-electron chi connectivity index (χ1n) is 4.79. The number of hydrogen-bond donors (Lipinski definition) is 1. The lowest BCUT2D eigenvalue weighted by Crippen LogP contribution is -2.51. The van der Waals surface area contributed by atoms with Gasteiger partial charge in [0.15, 0.2) is 0 Å². The molecule has 13 heavy (non-hydrogen) atoms. The molecule has 0 unspecified atom stereocenters. The van der Waals surface area contributed by atoms with E-state index in [0.717, 1.165) is 0 Å². The van der Waals surface area contributed by atoms with Gasteiger partial charge in [-0.25, -0.2) is 0 Å². The Labute approximate surface area is 79.8 Å². The van der Waals surface area contributed by atoms with Crippen LogP contribution in [-0.2, 0) is 9.53 Å². The lowest BCUT2D eigenvalue weighted by atomic mass is 9.81. The SMILES string of the molecule is C[C@H](C(=O)NC1COC1)C(C)(C)C. The maximum atomic E-state index is 11.6. The van der Waals surface area contributed by atoms with E-state index < -0.39 is 0 Å². The van der Waals surface area contributed by atoms with Crippen LogP contribution in [-0.4, -0.2) is 25.2 Å². The fourth-order valence-corrected chi connectivity index (χ4v) is 1.04. The van der Waals surface area contributed by atoms with Gasteiger partial charge in [0, 0.05) is 5.92 Å². The van der Waals surface area contributed by atoms with Gasteiger partial charge in [-0.2, -0.15) is 0 Å². The maximum absolute atomic E-state index is 11.6. The summed E-state index contributed by atoms with van der Waals surface area (Å²) < 4.78 is 4.99. The molecule has 1 aliphatic heterocycles. The van der Waals surface area contributed by atoms with Crippen LogP contribution in [0.2, 0.25) is 0 Å². The number of amides is 1. The first-order valence-corrected chi connectivity index (χ1v) is 4.79. The van der Waals surface area contributed by atoms with E-state index >= 15 is 0 Å². The molecule has 0 aromatic rings. The van der Waals surface area contributed by atoms with Crippen LogP contribution in [0, 0.1) is 11.3 Å². The Kier molecular flexibility index (Phi) is 2.96. The summed E-state index contributed by atoms with van der Waals surface area (Å²) in [5, 5.41) is 2.96. The van der Waals surface area contributed by atoms with Gasteiger partial charge in [-0.05, 0) is 5.41 Å². The van der Waals surface area contributed by atoms with Crippen LogP contribution in [0.4, 0.5) is 0 Å². The lowest BCUT2D eigenvalue weighted by molar-refractivity contribution is -0.131. The van der Waals surface area contributed by atoms with Crippen LogP contribution in [0.5, 0.6) is 0 Å². The van der Waals surface area contributed by atoms with Gasteiger partial charge in [0.05, 0.1) is 19.3 Å². The highest BCUT2D eigenvalue weighted by Gasteiger charge is 2.29. The second-order valence-electron chi connectivity index (χ2n) is 4.83. The molecule has 1 aliphatic rings. The van der Waals surface area contributed by atoms with Crippen molar-refractivity contribution in [2.45, 2.75) is 33.7 Å². The molecular weight excluding hydrogens is 166 g/mol. The quantitative estimate of drug-likeness (QED) is 0.701. The van der Waals surface area contributed by atoms with Crippen LogP contribution in [0.3, 0.4) is 0 Å². The molecule has 0 spiro atoms. The topological polar surface area (TPSA) is 38.3 Å². The number of carbonyl (C=O) groups excluding carboxylic acids is 1. The molecule has 1 heterocycles. The summed E-state index contributed by atoms with van der Waals surface area (Å²) in [6.07, 6.45) is 0. The number of rotatable bonds is 2. The van der Waals surface area contributed by atoms with Gasteiger partial charge >= 0.3 is 0 Å². The fourth-order valence-electron chi connectivity index (χ4n) is 1.04. The van der Waals surface area contributed by atoms with Crippen molar-refractivity contribution in [2.24, 2.45) is 11.3 Å². The zero-order valence-corrected chi connectivity index (χ0v) is 8.89. The predicted octanol–water partition coefficient (Wildman–Crippen LogP) is 1.18. The summed E-state index contributed by atoms with van der Waals surface area (Å²) in [6, 6.07) is 0.247. The summed E-state index contributed by atoms with van der Waals surface area (Å²) in [4.78, 5) is 11.6. The van der Waals surface area contributed by atoms with Crippen molar-refractivity contribution in [1.82, 2.24) is 5.32 Å². The first-order chi connectivity index (χ1) is 5.91. The van der Waals surface area contributed by atoms with Gasteiger partial charge in [0.25, 0.3) is 0 Å². The monoisotopic (exact) mass is 185 g/mol. The fraction of sp³-hybridized carbons (Fsp3) is 0.900. The third-order valence-electron chi connectivity index (χ3n) is 2.68.